The second kappa shape index (κ2) is 8.95. The Hall–Kier alpha value is -2.20. The van der Waals surface area contributed by atoms with Gasteiger partial charge in [0.15, 0.2) is 0 Å². The summed E-state index contributed by atoms with van der Waals surface area (Å²) in [5.41, 5.74) is 3.91. The van der Waals surface area contributed by atoms with E-state index in [0.29, 0.717) is 6.04 Å². The number of aryl methyl sites for hydroxylation is 1. The average molecular weight is 354 g/mol. The highest BCUT2D eigenvalue weighted by molar-refractivity contribution is 5.47. The van der Waals surface area contributed by atoms with Gasteiger partial charge >= 0.3 is 0 Å². The van der Waals surface area contributed by atoms with Crippen LogP contribution >= 0.6 is 0 Å². The van der Waals surface area contributed by atoms with Gasteiger partial charge in [0.2, 0.25) is 0 Å². The zero-order valence-electron chi connectivity index (χ0n) is 16.1. The number of rotatable bonds is 7. The molecule has 1 N–H and O–H groups in total. The first-order chi connectivity index (χ1) is 12.7. The van der Waals surface area contributed by atoms with Crippen molar-refractivity contribution >= 4 is 5.69 Å². The fraction of sp³-hybridized carbons (Fsp3) is 0.455. The van der Waals surface area contributed by atoms with E-state index in [2.05, 4.69) is 53.5 Å². The molecule has 2 aromatic carbocycles. The van der Waals surface area contributed by atoms with Crippen LogP contribution in [0.15, 0.2) is 42.5 Å². The van der Waals surface area contributed by atoms with Crippen LogP contribution in [-0.4, -0.2) is 39.9 Å². The van der Waals surface area contributed by atoms with E-state index < -0.39 is 0 Å². The van der Waals surface area contributed by atoms with Crippen LogP contribution in [0.3, 0.4) is 0 Å². The van der Waals surface area contributed by atoms with Crippen LogP contribution in [0, 0.1) is 6.92 Å². The van der Waals surface area contributed by atoms with Gasteiger partial charge in [0.05, 0.1) is 14.2 Å². The number of ether oxygens (including phenoxy) is 2. The number of nitrogens with zero attached hydrogens (tertiary/aromatic N) is 1. The summed E-state index contributed by atoms with van der Waals surface area (Å²) in [6.45, 7) is 5.35. The summed E-state index contributed by atoms with van der Waals surface area (Å²) in [6.07, 6.45) is 3.36. The molecule has 0 aliphatic carbocycles. The molecule has 2 aromatic rings. The van der Waals surface area contributed by atoms with Crippen LogP contribution in [0.1, 0.15) is 24.0 Å². The Morgan fingerprint density at radius 3 is 2.15 bits per heavy atom. The van der Waals surface area contributed by atoms with E-state index in [4.69, 9.17) is 9.47 Å². The molecule has 0 radical (unpaired) electrons. The minimum absolute atomic E-state index is 0.601. The molecule has 0 amide bonds. The monoisotopic (exact) mass is 354 g/mol. The van der Waals surface area contributed by atoms with Gasteiger partial charge in [-0.2, -0.15) is 0 Å². The Labute approximate surface area is 157 Å². The molecule has 1 fully saturated rings. The number of nitrogens with one attached hydrogen (secondary N) is 1. The maximum atomic E-state index is 5.35. The molecule has 0 unspecified atom stereocenters. The molecular formula is C22H30N2O2. The van der Waals surface area contributed by atoms with Crippen molar-refractivity contribution in [1.29, 1.82) is 0 Å². The van der Waals surface area contributed by atoms with Gasteiger partial charge in [-0.25, -0.2) is 0 Å². The number of hydrogen-bond acceptors (Lipinski definition) is 4. The second-order valence-electron chi connectivity index (χ2n) is 7.02. The van der Waals surface area contributed by atoms with E-state index in [0.717, 1.165) is 37.6 Å². The second-order valence-corrected chi connectivity index (χ2v) is 7.02. The van der Waals surface area contributed by atoms with Crippen LogP contribution in [0.5, 0.6) is 11.5 Å². The van der Waals surface area contributed by atoms with Gasteiger partial charge in [-0.15, -0.1) is 0 Å². The van der Waals surface area contributed by atoms with Crippen LogP contribution in [-0.2, 0) is 6.42 Å². The number of methoxy groups -OCH3 is 2. The third kappa shape index (κ3) is 4.92. The number of piperidine rings is 1. The molecule has 0 saturated carbocycles. The first-order valence-electron chi connectivity index (χ1n) is 9.45. The van der Waals surface area contributed by atoms with Crippen molar-refractivity contribution < 1.29 is 9.47 Å². The lowest BCUT2D eigenvalue weighted by Gasteiger charge is -2.34. The molecule has 1 heterocycles. The molecule has 0 bridgehead atoms. The van der Waals surface area contributed by atoms with Gasteiger partial charge in [0.1, 0.15) is 11.5 Å². The first-order valence-corrected chi connectivity index (χ1v) is 9.45. The third-order valence-corrected chi connectivity index (χ3v) is 5.15. The molecular weight excluding hydrogens is 324 g/mol. The molecule has 140 valence electrons. The highest BCUT2D eigenvalue weighted by atomic mass is 16.5. The molecule has 3 rings (SSSR count). The summed E-state index contributed by atoms with van der Waals surface area (Å²) >= 11 is 0. The average Bonchev–Trinajstić information content (AvgIpc) is 2.69. The molecule has 1 aliphatic rings. The van der Waals surface area contributed by atoms with E-state index in [9.17, 15) is 0 Å². The van der Waals surface area contributed by atoms with Crippen LogP contribution in [0.2, 0.25) is 0 Å². The lowest BCUT2D eigenvalue weighted by atomic mass is 10.0. The maximum absolute atomic E-state index is 5.35. The highest BCUT2D eigenvalue weighted by Gasteiger charge is 2.18. The lowest BCUT2D eigenvalue weighted by molar-refractivity contribution is 0.392. The molecule has 26 heavy (non-hydrogen) atoms. The van der Waals surface area contributed by atoms with Gasteiger partial charge in [-0.05, 0) is 62.6 Å². The summed E-state index contributed by atoms with van der Waals surface area (Å²) in [4.78, 5) is 2.49. The van der Waals surface area contributed by atoms with E-state index in [1.807, 2.05) is 6.07 Å². The minimum atomic E-state index is 0.601. The summed E-state index contributed by atoms with van der Waals surface area (Å²) < 4.78 is 10.7. The van der Waals surface area contributed by atoms with Crippen LogP contribution in [0.25, 0.3) is 0 Å². The van der Waals surface area contributed by atoms with Crippen molar-refractivity contribution in [2.45, 2.75) is 32.2 Å². The SMILES string of the molecule is COc1cc(CCNC2CCN(c3ccc(C)cc3)CC2)cc(OC)c1. The lowest BCUT2D eigenvalue weighted by Crippen LogP contribution is -2.43. The van der Waals surface area contributed by atoms with Gasteiger partial charge in [-0.1, -0.05) is 17.7 Å². The molecule has 0 aromatic heterocycles. The first kappa shape index (κ1) is 18.6. The third-order valence-electron chi connectivity index (χ3n) is 5.15. The largest absolute Gasteiger partial charge is 0.497 e. The standard InChI is InChI=1S/C22H30N2O2/c1-17-4-6-20(7-5-17)24-12-9-19(10-13-24)23-11-8-18-14-21(25-2)16-22(15-18)26-3/h4-7,14-16,19,23H,8-13H2,1-3H3. The van der Waals surface area contributed by atoms with Crippen LogP contribution < -0.4 is 19.7 Å². The molecule has 4 nitrogen and oxygen atoms in total. The number of hydrogen-bond donors (Lipinski definition) is 1. The number of anilines is 1. The predicted molar refractivity (Wildman–Crippen MR) is 108 cm³/mol. The number of benzene rings is 2. The Bertz CT molecular complexity index is 670. The van der Waals surface area contributed by atoms with Gasteiger partial charge in [0.25, 0.3) is 0 Å². The predicted octanol–water partition coefficient (Wildman–Crippen LogP) is 3.81. The van der Waals surface area contributed by atoms with Crippen molar-refractivity contribution in [2.24, 2.45) is 0 Å². The smallest absolute Gasteiger partial charge is 0.122 e. The summed E-state index contributed by atoms with van der Waals surface area (Å²) in [5, 5.41) is 3.72. The van der Waals surface area contributed by atoms with Crippen molar-refractivity contribution in [3.8, 4) is 11.5 Å². The maximum Gasteiger partial charge on any atom is 0.122 e. The van der Waals surface area contributed by atoms with E-state index in [-0.39, 0.29) is 0 Å². The molecule has 0 spiro atoms. The van der Waals surface area contributed by atoms with Gasteiger partial charge < -0.3 is 19.7 Å². The topological polar surface area (TPSA) is 33.7 Å². The summed E-state index contributed by atoms with van der Waals surface area (Å²) in [6, 6.07) is 15.6. The van der Waals surface area contributed by atoms with Gasteiger partial charge in [-0.3, -0.25) is 0 Å². The Balaban J connectivity index is 1.45. The fourth-order valence-electron chi connectivity index (χ4n) is 3.53. The Morgan fingerprint density at radius 2 is 1.58 bits per heavy atom. The molecule has 4 heteroatoms. The highest BCUT2D eigenvalue weighted by Crippen LogP contribution is 2.23. The molecule has 1 saturated heterocycles. The van der Waals surface area contributed by atoms with Gasteiger partial charge in [0, 0.05) is 30.9 Å². The quantitative estimate of drug-likeness (QED) is 0.820. The summed E-state index contributed by atoms with van der Waals surface area (Å²) in [5.74, 6) is 1.71. The fourth-order valence-corrected chi connectivity index (χ4v) is 3.53. The van der Waals surface area contributed by atoms with E-state index in [1.165, 1.54) is 29.7 Å². The summed E-state index contributed by atoms with van der Waals surface area (Å²) in [7, 11) is 3.39. The van der Waals surface area contributed by atoms with Crippen molar-refractivity contribution in [3.05, 3.63) is 53.6 Å². The molecule has 0 atom stereocenters. The van der Waals surface area contributed by atoms with Crippen molar-refractivity contribution in [2.75, 3.05) is 38.8 Å². The van der Waals surface area contributed by atoms with Crippen molar-refractivity contribution in [1.82, 2.24) is 5.32 Å². The zero-order chi connectivity index (χ0) is 18.4. The normalized spacial score (nSPS) is 15.1. The minimum Gasteiger partial charge on any atom is -0.497 e. The Morgan fingerprint density at radius 1 is 0.962 bits per heavy atom. The Kier molecular flexibility index (Phi) is 6.40. The van der Waals surface area contributed by atoms with E-state index in [1.54, 1.807) is 14.2 Å². The zero-order valence-corrected chi connectivity index (χ0v) is 16.1. The van der Waals surface area contributed by atoms with E-state index >= 15 is 0 Å². The molecule has 1 aliphatic heterocycles. The van der Waals surface area contributed by atoms with Crippen LogP contribution in [0.4, 0.5) is 5.69 Å². The van der Waals surface area contributed by atoms with Crippen molar-refractivity contribution in [3.63, 3.8) is 0 Å².